The molecule has 0 atom stereocenters. The van der Waals surface area contributed by atoms with Gasteiger partial charge in [-0.3, -0.25) is 4.79 Å². The molecule has 0 saturated carbocycles. The molecule has 3 heteroatoms. The molecule has 0 amide bonds. The maximum atomic E-state index is 12.3. The Balaban J connectivity index is 2.25. The summed E-state index contributed by atoms with van der Waals surface area (Å²) >= 11 is 11.9. The lowest BCUT2D eigenvalue weighted by Crippen LogP contribution is -2.04. The molecular weight excluding hydrogens is 279 g/mol. The summed E-state index contributed by atoms with van der Waals surface area (Å²) in [5.74, 6) is 0.0658. The van der Waals surface area contributed by atoms with Crippen LogP contribution in [0, 0.1) is 13.8 Å². The Morgan fingerprint density at radius 1 is 1.00 bits per heavy atom. The summed E-state index contributed by atoms with van der Waals surface area (Å²) in [5.41, 5.74) is 3.70. The lowest BCUT2D eigenvalue weighted by molar-refractivity contribution is 0.0993. The lowest BCUT2D eigenvalue weighted by atomic mass is 9.99. The first-order valence-electron chi connectivity index (χ1n) is 6.01. The van der Waals surface area contributed by atoms with Crippen molar-refractivity contribution >= 4 is 29.0 Å². The van der Waals surface area contributed by atoms with Gasteiger partial charge in [0.2, 0.25) is 0 Å². The summed E-state index contributed by atoms with van der Waals surface area (Å²) in [6.45, 7) is 3.97. The molecule has 0 heterocycles. The van der Waals surface area contributed by atoms with Gasteiger partial charge in [-0.1, -0.05) is 46.5 Å². The van der Waals surface area contributed by atoms with Crippen molar-refractivity contribution in [1.29, 1.82) is 0 Å². The maximum absolute atomic E-state index is 12.3. The Labute approximate surface area is 123 Å². The standard InChI is InChI=1S/C16H14Cl2O/c1-10-5-11(2)7-13(6-10)16(19)8-12-3-4-14(17)9-15(12)18/h3-7,9H,8H2,1-2H3. The Kier molecular flexibility index (Phi) is 4.28. The first kappa shape index (κ1) is 14.1. The van der Waals surface area contributed by atoms with Gasteiger partial charge in [-0.2, -0.15) is 0 Å². The van der Waals surface area contributed by atoms with Crippen molar-refractivity contribution in [1.82, 2.24) is 0 Å². The molecule has 2 aromatic rings. The predicted octanol–water partition coefficient (Wildman–Crippen LogP) is 5.04. The molecular formula is C16H14Cl2O. The van der Waals surface area contributed by atoms with E-state index in [9.17, 15) is 4.79 Å². The summed E-state index contributed by atoms with van der Waals surface area (Å²) in [4.78, 5) is 12.3. The molecule has 0 bridgehead atoms. The molecule has 0 radical (unpaired) electrons. The molecule has 98 valence electrons. The van der Waals surface area contributed by atoms with E-state index in [0.29, 0.717) is 16.5 Å². The minimum Gasteiger partial charge on any atom is -0.294 e. The smallest absolute Gasteiger partial charge is 0.167 e. The monoisotopic (exact) mass is 292 g/mol. The normalized spacial score (nSPS) is 10.5. The van der Waals surface area contributed by atoms with Gasteiger partial charge in [-0.15, -0.1) is 0 Å². The summed E-state index contributed by atoms with van der Waals surface area (Å²) in [6.07, 6.45) is 0.291. The number of carbonyl (C=O) groups is 1. The van der Waals surface area contributed by atoms with E-state index in [1.54, 1.807) is 18.2 Å². The van der Waals surface area contributed by atoms with Crippen LogP contribution in [0.25, 0.3) is 0 Å². The van der Waals surface area contributed by atoms with Crippen molar-refractivity contribution in [2.45, 2.75) is 20.3 Å². The van der Waals surface area contributed by atoms with E-state index in [1.165, 1.54) is 0 Å². The van der Waals surface area contributed by atoms with Crippen molar-refractivity contribution in [3.8, 4) is 0 Å². The highest BCUT2D eigenvalue weighted by Gasteiger charge is 2.10. The SMILES string of the molecule is Cc1cc(C)cc(C(=O)Cc2ccc(Cl)cc2Cl)c1. The number of hydrogen-bond donors (Lipinski definition) is 0. The van der Waals surface area contributed by atoms with E-state index in [0.717, 1.165) is 22.3 Å². The van der Waals surface area contributed by atoms with Crippen molar-refractivity contribution in [2.24, 2.45) is 0 Å². The average molecular weight is 293 g/mol. The van der Waals surface area contributed by atoms with Crippen LogP contribution in [0.2, 0.25) is 10.0 Å². The molecule has 0 aliphatic rings. The fraction of sp³-hybridized carbons (Fsp3) is 0.188. The third-order valence-electron chi connectivity index (χ3n) is 2.91. The molecule has 0 N–H and O–H groups in total. The second kappa shape index (κ2) is 5.77. The van der Waals surface area contributed by atoms with E-state index in [4.69, 9.17) is 23.2 Å². The molecule has 0 aromatic heterocycles. The highest BCUT2D eigenvalue weighted by atomic mass is 35.5. The molecule has 2 rings (SSSR count). The minimum atomic E-state index is 0.0658. The molecule has 0 unspecified atom stereocenters. The van der Waals surface area contributed by atoms with Crippen LogP contribution in [-0.4, -0.2) is 5.78 Å². The van der Waals surface area contributed by atoms with Gasteiger partial charge < -0.3 is 0 Å². The number of benzene rings is 2. The van der Waals surface area contributed by atoms with Crippen LogP contribution in [0.1, 0.15) is 27.0 Å². The van der Waals surface area contributed by atoms with Gasteiger partial charge in [0, 0.05) is 22.0 Å². The quantitative estimate of drug-likeness (QED) is 0.725. The third-order valence-corrected chi connectivity index (χ3v) is 3.50. The Hall–Kier alpha value is -1.31. The highest BCUT2D eigenvalue weighted by Crippen LogP contribution is 2.22. The molecule has 0 fully saturated rings. The van der Waals surface area contributed by atoms with Gasteiger partial charge in [0.1, 0.15) is 0 Å². The molecule has 19 heavy (non-hydrogen) atoms. The summed E-state index contributed by atoms with van der Waals surface area (Å²) in [7, 11) is 0. The number of aryl methyl sites for hydroxylation is 2. The zero-order valence-electron chi connectivity index (χ0n) is 10.8. The van der Waals surface area contributed by atoms with Crippen molar-refractivity contribution in [3.63, 3.8) is 0 Å². The number of halogens is 2. The predicted molar refractivity (Wildman–Crippen MR) is 80.4 cm³/mol. The van der Waals surface area contributed by atoms with Gasteiger partial charge in [0.05, 0.1) is 0 Å². The average Bonchev–Trinajstić information content (AvgIpc) is 2.31. The fourth-order valence-electron chi connectivity index (χ4n) is 2.08. The van der Waals surface area contributed by atoms with Gasteiger partial charge in [0.15, 0.2) is 5.78 Å². The second-order valence-corrected chi connectivity index (χ2v) is 5.56. The first-order valence-corrected chi connectivity index (χ1v) is 6.77. The summed E-state index contributed by atoms with van der Waals surface area (Å²) in [5, 5.41) is 1.11. The van der Waals surface area contributed by atoms with Crippen LogP contribution < -0.4 is 0 Å². The van der Waals surface area contributed by atoms with Crippen molar-refractivity contribution in [3.05, 3.63) is 68.7 Å². The van der Waals surface area contributed by atoms with Gasteiger partial charge in [-0.05, 0) is 43.7 Å². The van der Waals surface area contributed by atoms with Gasteiger partial charge in [-0.25, -0.2) is 0 Å². The number of carbonyl (C=O) groups excluding carboxylic acids is 1. The van der Waals surface area contributed by atoms with Crippen molar-refractivity contribution < 1.29 is 4.79 Å². The molecule has 0 aliphatic heterocycles. The van der Waals surface area contributed by atoms with E-state index in [-0.39, 0.29) is 5.78 Å². The molecule has 1 nitrogen and oxygen atoms in total. The van der Waals surface area contributed by atoms with Crippen LogP contribution in [-0.2, 0) is 6.42 Å². The van der Waals surface area contributed by atoms with E-state index >= 15 is 0 Å². The first-order chi connectivity index (χ1) is 8.95. The lowest BCUT2D eigenvalue weighted by Gasteiger charge is -2.06. The topological polar surface area (TPSA) is 17.1 Å². The number of hydrogen-bond acceptors (Lipinski definition) is 1. The molecule has 0 spiro atoms. The van der Waals surface area contributed by atoms with Crippen LogP contribution in [0.15, 0.2) is 36.4 Å². The fourth-order valence-corrected chi connectivity index (χ4v) is 2.55. The molecule has 2 aromatic carbocycles. The van der Waals surface area contributed by atoms with Crippen LogP contribution in [0.3, 0.4) is 0 Å². The maximum Gasteiger partial charge on any atom is 0.167 e. The summed E-state index contributed by atoms with van der Waals surface area (Å²) in [6, 6.07) is 11.1. The Morgan fingerprint density at radius 2 is 1.63 bits per heavy atom. The zero-order chi connectivity index (χ0) is 14.0. The number of Topliss-reactive ketones (excluding diaryl/α,β-unsaturated/α-hetero) is 1. The Morgan fingerprint density at radius 3 is 2.21 bits per heavy atom. The molecule has 0 saturated heterocycles. The Bertz CT molecular complexity index is 612. The van der Waals surface area contributed by atoms with Gasteiger partial charge >= 0.3 is 0 Å². The molecule has 0 aliphatic carbocycles. The van der Waals surface area contributed by atoms with E-state index < -0.39 is 0 Å². The zero-order valence-corrected chi connectivity index (χ0v) is 12.3. The van der Waals surface area contributed by atoms with Crippen LogP contribution in [0.4, 0.5) is 0 Å². The minimum absolute atomic E-state index is 0.0658. The van der Waals surface area contributed by atoms with Crippen LogP contribution >= 0.6 is 23.2 Å². The highest BCUT2D eigenvalue weighted by molar-refractivity contribution is 6.35. The van der Waals surface area contributed by atoms with Gasteiger partial charge in [0.25, 0.3) is 0 Å². The van der Waals surface area contributed by atoms with Crippen molar-refractivity contribution in [2.75, 3.05) is 0 Å². The largest absolute Gasteiger partial charge is 0.294 e. The summed E-state index contributed by atoms with van der Waals surface area (Å²) < 4.78 is 0. The van der Waals surface area contributed by atoms with E-state index in [2.05, 4.69) is 0 Å². The number of rotatable bonds is 3. The van der Waals surface area contributed by atoms with E-state index in [1.807, 2.05) is 32.0 Å². The van der Waals surface area contributed by atoms with Crippen LogP contribution in [0.5, 0.6) is 0 Å². The third kappa shape index (κ3) is 3.59. The number of ketones is 1. The second-order valence-electron chi connectivity index (χ2n) is 4.71.